The number of anilines is 2. The Kier molecular flexibility index (Phi) is 7.76. The summed E-state index contributed by atoms with van der Waals surface area (Å²) in [5.74, 6) is -0.853. The number of piperazine rings is 1. The van der Waals surface area contributed by atoms with Crippen LogP contribution in [0, 0.1) is 0 Å². The number of carbonyl (C=O) groups is 2. The zero-order valence-corrected chi connectivity index (χ0v) is 15.6. The van der Waals surface area contributed by atoms with Crippen molar-refractivity contribution in [3.63, 3.8) is 0 Å². The summed E-state index contributed by atoms with van der Waals surface area (Å²) in [6.45, 7) is 2.94. The van der Waals surface area contributed by atoms with E-state index < -0.39 is 5.97 Å². The summed E-state index contributed by atoms with van der Waals surface area (Å²) in [5.41, 5.74) is 7.18. The normalized spacial score (nSPS) is 13.4. The smallest absolute Gasteiger partial charge is 0.322 e. The molecule has 1 aliphatic rings. The van der Waals surface area contributed by atoms with Gasteiger partial charge in [0.15, 0.2) is 0 Å². The minimum Gasteiger partial charge on any atom is -0.480 e. The Morgan fingerprint density at radius 1 is 1.00 bits per heavy atom. The first-order valence-corrected chi connectivity index (χ1v) is 8.89. The first-order chi connectivity index (χ1) is 13.0. The molecule has 0 bridgehead atoms. The molecule has 7 nitrogen and oxygen atoms in total. The highest BCUT2D eigenvalue weighted by molar-refractivity contribution is 6.30. The van der Waals surface area contributed by atoms with Crippen LogP contribution in [0.5, 0.6) is 0 Å². The second kappa shape index (κ2) is 10.3. The molecule has 0 unspecified atom stereocenters. The minimum absolute atomic E-state index is 0.0377. The van der Waals surface area contributed by atoms with Gasteiger partial charge in [-0.15, -0.1) is 0 Å². The Bertz CT molecular complexity index is 732. The second-order valence-corrected chi connectivity index (χ2v) is 6.34. The number of aliphatic carboxylic acids is 1. The molecule has 0 spiro atoms. The fourth-order valence-electron chi connectivity index (χ4n) is 2.57. The van der Waals surface area contributed by atoms with Crippen molar-refractivity contribution in [1.29, 1.82) is 0 Å². The number of hydrogen-bond donors (Lipinski definition) is 3. The molecule has 1 aliphatic heterocycles. The number of nitrogens with one attached hydrogen (secondary N) is 1. The van der Waals surface area contributed by atoms with E-state index >= 15 is 0 Å². The third-order valence-corrected chi connectivity index (χ3v) is 4.25. The number of amides is 2. The highest BCUT2D eigenvalue weighted by Crippen LogP contribution is 2.19. The molecule has 0 aliphatic carbocycles. The number of urea groups is 1. The molecule has 3 rings (SSSR count). The summed E-state index contributed by atoms with van der Waals surface area (Å²) in [4.78, 5) is 24.9. The van der Waals surface area contributed by atoms with Crippen molar-refractivity contribution in [3.05, 3.63) is 59.6 Å². The van der Waals surface area contributed by atoms with Crippen molar-refractivity contribution in [2.24, 2.45) is 5.73 Å². The average molecular weight is 391 g/mol. The molecule has 4 N–H and O–H groups in total. The molecule has 2 aromatic carbocycles. The van der Waals surface area contributed by atoms with Crippen LogP contribution in [0.2, 0.25) is 5.02 Å². The van der Waals surface area contributed by atoms with Gasteiger partial charge in [-0.2, -0.15) is 0 Å². The molecule has 144 valence electrons. The van der Waals surface area contributed by atoms with Gasteiger partial charge in [0.2, 0.25) is 0 Å². The minimum atomic E-state index is -0.853. The maximum absolute atomic E-state index is 11.0. The zero-order chi connectivity index (χ0) is 19.6. The molecule has 1 saturated heterocycles. The van der Waals surface area contributed by atoms with E-state index in [1.54, 1.807) is 4.90 Å². The van der Waals surface area contributed by atoms with E-state index in [-0.39, 0.29) is 12.6 Å². The first kappa shape index (κ1) is 20.4. The third-order valence-electron chi connectivity index (χ3n) is 4.00. The van der Waals surface area contributed by atoms with Crippen LogP contribution in [0.25, 0.3) is 0 Å². The maximum atomic E-state index is 11.0. The van der Waals surface area contributed by atoms with E-state index in [0.29, 0.717) is 13.1 Å². The van der Waals surface area contributed by atoms with E-state index in [0.717, 1.165) is 29.5 Å². The van der Waals surface area contributed by atoms with Crippen molar-refractivity contribution >= 4 is 35.0 Å². The van der Waals surface area contributed by atoms with Crippen LogP contribution in [0.3, 0.4) is 0 Å². The number of carboxylic acids is 1. The van der Waals surface area contributed by atoms with Gasteiger partial charge in [-0.1, -0.05) is 29.8 Å². The van der Waals surface area contributed by atoms with Gasteiger partial charge in [0.25, 0.3) is 0 Å². The lowest BCUT2D eigenvalue weighted by atomic mass is 10.2. The van der Waals surface area contributed by atoms with Crippen molar-refractivity contribution < 1.29 is 14.7 Å². The van der Waals surface area contributed by atoms with E-state index in [1.165, 1.54) is 0 Å². The number of rotatable bonds is 4. The van der Waals surface area contributed by atoms with E-state index in [4.69, 9.17) is 22.4 Å². The van der Waals surface area contributed by atoms with Gasteiger partial charge >= 0.3 is 12.0 Å². The highest BCUT2D eigenvalue weighted by atomic mass is 35.5. The van der Waals surface area contributed by atoms with Crippen LogP contribution < -0.4 is 16.0 Å². The van der Waals surface area contributed by atoms with Crippen molar-refractivity contribution in [1.82, 2.24) is 4.90 Å². The Morgan fingerprint density at radius 2 is 1.59 bits per heavy atom. The molecule has 0 radical (unpaired) electrons. The highest BCUT2D eigenvalue weighted by Gasteiger charge is 2.18. The van der Waals surface area contributed by atoms with E-state index in [2.05, 4.69) is 10.2 Å². The van der Waals surface area contributed by atoms with Gasteiger partial charge in [0.1, 0.15) is 6.54 Å². The van der Waals surface area contributed by atoms with Crippen LogP contribution in [0.15, 0.2) is 54.6 Å². The summed E-state index contributed by atoms with van der Waals surface area (Å²) in [5, 5.41) is 11.8. The number of carboxylic acid groups (broad SMARTS) is 1. The van der Waals surface area contributed by atoms with Crippen LogP contribution in [-0.4, -0.2) is 54.7 Å². The second-order valence-electron chi connectivity index (χ2n) is 5.90. The third kappa shape index (κ3) is 7.07. The van der Waals surface area contributed by atoms with Crippen molar-refractivity contribution in [2.45, 2.75) is 0 Å². The predicted octanol–water partition coefficient (Wildman–Crippen LogP) is 2.72. The lowest BCUT2D eigenvalue weighted by molar-refractivity contribution is -0.134. The van der Waals surface area contributed by atoms with Gasteiger partial charge in [-0.3, -0.25) is 4.79 Å². The average Bonchev–Trinajstić information content (AvgIpc) is 2.68. The number of hydrogen-bond acceptors (Lipinski definition) is 4. The number of para-hydroxylation sites is 1. The van der Waals surface area contributed by atoms with Crippen molar-refractivity contribution in [3.8, 4) is 0 Å². The number of nitrogens with zero attached hydrogens (tertiary/aromatic N) is 2. The summed E-state index contributed by atoms with van der Waals surface area (Å²) in [6, 6.07) is 16.6. The lowest BCUT2D eigenvalue weighted by Crippen LogP contribution is -2.50. The predicted molar refractivity (Wildman–Crippen MR) is 107 cm³/mol. The van der Waals surface area contributed by atoms with Gasteiger partial charge in [0.05, 0.1) is 0 Å². The molecule has 8 heteroatoms. The van der Waals surface area contributed by atoms with Gasteiger partial charge in [-0.25, -0.2) is 4.79 Å². The maximum Gasteiger partial charge on any atom is 0.322 e. The van der Waals surface area contributed by atoms with Crippen LogP contribution in [-0.2, 0) is 4.79 Å². The molecule has 2 aromatic rings. The topological polar surface area (TPSA) is 98.9 Å². The molecule has 0 saturated carbocycles. The zero-order valence-electron chi connectivity index (χ0n) is 14.8. The lowest BCUT2D eigenvalue weighted by Gasteiger charge is -2.35. The Balaban J connectivity index is 0.000000208. The van der Waals surface area contributed by atoms with E-state index in [9.17, 15) is 9.59 Å². The summed E-state index contributed by atoms with van der Waals surface area (Å²) in [7, 11) is 0. The number of primary amides is 1. The summed E-state index contributed by atoms with van der Waals surface area (Å²) in [6.07, 6.45) is 0. The van der Waals surface area contributed by atoms with E-state index in [1.807, 2.05) is 54.6 Å². The largest absolute Gasteiger partial charge is 0.480 e. The van der Waals surface area contributed by atoms with Gasteiger partial charge in [0, 0.05) is 42.6 Å². The standard InChI is InChI=1S/C11H14ClN3O.C8H9NO2/c12-9-1-3-10(4-2-9)14-5-7-15(8-6-14)11(13)16;10-8(11)6-9-7-4-2-1-3-5-7/h1-4H,5-8H2,(H2,13,16);1-5,9H,6H2,(H,10,11). The Morgan fingerprint density at radius 3 is 2.11 bits per heavy atom. The summed E-state index contributed by atoms with van der Waals surface area (Å²) >= 11 is 5.83. The molecule has 2 amide bonds. The number of nitrogens with two attached hydrogens (primary N) is 1. The van der Waals surface area contributed by atoms with Crippen molar-refractivity contribution in [2.75, 3.05) is 42.9 Å². The first-order valence-electron chi connectivity index (χ1n) is 8.51. The quantitative estimate of drug-likeness (QED) is 0.745. The Hall–Kier alpha value is -2.93. The molecule has 0 aromatic heterocycles. The molecule has 1 heterocycles. The summed E-state index contributed by atoms with van der Waals surface area (Å²) < 4.78 is 0. The van der Waals surface area contributed by atoms with Crippen LogP contribution in [0.4, 0.5) is 16.2 Å². The van der Waals surface area contributed by atoms with Crippen LogP contribution in [0.1, 0.15) is 0 Å². The fourth-order valence-corrected chi connectivity index (χ4v) is 2.70. The fraction of sp³-hybridized carbons (Fsp3) is 0.263. The number of halogens is 1. The molecular weight excluding hydrogens is 368 g/mol. The number of carbonyl (C=O) groups excluding carboxylic acids is 1. The van der Waals surface area contributed by atoms with Gasteiger partial charge < -0.3 is 26.0 Å². The molecule has 27 heavy (non-hydrogen) atoms. The van der Waals surface area contributed by atoms with Gasteiger partial charge in [-0.05, 0) is 36.4 Å². The van der Waals surface area contributed by atoms with Crippen LogP contribution >= 0.6 is 11.6 Å². The molecular formula is C19H23ClN4O3. The Labute approximate surface area is 163 Å². The SMILES string of the molecule is NC(=O)N1CCN(c2ccc(Cl)cc2)CC1.O=C(O)CNc1ccccc1. The monoisotopic (exact) mass is 390 g/mol. The molecule has 0 atom stereocenters. The number of benzene rings is 2. The molecule has 1 fully saturated rings.